The van der Waals surface area contributed by atoms with E-state index < -0.39 is 0 Å². The monoisotopic (exact) mass is 371 g/mol. The second-order valence-corrected chi connectivity index (χ2v) is 7.31. The lowest BCUT2D eigenvalue weighted by Gasteiger charge is -2.10. The predicted molar refractivity (Wildman–Crippen MR) is 103 cm³/mol. The number of thioether (sulfide) groups is 1. The van der Waals surface area contributed by atoms with Crippen LogP contribution in [0.5, 0.6) is 0 Å². The summed E-state index contributed by atoms with van der Waals surface area (Å²) in [6, 6.07) is 9.34. The van der Waals surface area contributed by atoms with E-state index in [0.29, 0.717) is 11.4 Å². The Morgan fingerprint density at radius 2 is 1.92 bits per heavy atom. The number of carbonyl (C=O) groups excluding carboxylic acids is 1. The van der Waals surface area contributed by atoms with Gasteiger partial charge in [-0.15, -0.1) is 0 Å². The molecule has 0 radical (unpaired) electrons. The number of imidazole rings is 1. The van der Waals surface area contributed by atoms with Gasteiger partial charge in [0.1, 0.15) is 5.69 Å². The van der Waals surface area contributed by atoms with Crippen molar-refractivity contribution in [3.05, 3.63) is 58.8 Å². The maximum absolute atomic E-state index is 12.8. The molecule has 1 aromatic carbocycles. The zero-order valence-corrected chi connectivity index (χ0v) is 15.9. The Balaban J connectivity index is 1.85. The summed E-state index contributed by atoms with van der Waals surface area (Å²) in [6.45, 7) is 3.61. The number of nitrogens with zero attached hydrogens (tertiary/aromatic N) is 4. The second kappa shape index (κ2) is 7.25. The minimum atomic E-state index is -0.389. The molecule has 0 aliphatic rings. The van der Waals surface area contributed by atoms with Crippen molar-refractivity contribution < 1.29 is 4.79 Å². The second-order valence-electron chi connectivity index (χ2n) is 6.01. The molecule has 2 aromatic heterocycles. The van der Waals surface area contributed by atoms with E-state index in [1.807, 2.05) is 55.1 Å². The highest BCUT2D eigenvalue weighted by Gasteiger charge is 2.22. The Kier molecular flexibility index (Phi) is 5.03. The molecule has 0 unspecified atom stereocenters. The summed E-state index contributed by atoms with van der Waals surface area (Å²) in [5.41, 5.74) is 1.49. The Labute approximate surface area is 155 Å². The SMILES string of the molecule is Cc1c(NC(=O)[C@H](C)Sc2nccn2C)c(=O)n(-c2ccccc2)n1C. The molecule has 8 heteroatoms. The third-order valence-corrected chi connectivity index (χ3v) is 5.40. The summed E-state index contributed by atoms with van der Waals surface area (Å²) >= 11 is 1.35. The van der Waals surface area contributed by atoms with Gasteiger partial charge >= 0.3 is 0 Å². The van der Waals surface area contributed by atoms with E-state index in [2.05, 4.69) is 10.3 Å². The number of benzene rings is 1. The molecule has 0 saturated heterocycles. The number of amides is 1. The topological polar surface area (TPSA) is 73.8 Å². The van der Waals surface area contributed by atoms with Crippen LogP contribution in [0.4, 0.5) is 5.69 Å². The van der Waals surface area contributed by atoms with Gasteiger partial charge in [-0.1, -0.05) is 30.0 Å². The van der Waals surface area contributed by atoms with E-state index in [1.54, 1.807) is 29.5 Å². The van der Waals surface area contributed by atoms with Crippen molar-refractivity contribution in [2.45, 2.75) is 24.3 Å². The van der Waals surface area contributed by atoms with Crippen LogP contribution >= 0.6 is 11.8 Å². The number of hydrogen-bond acceptors (Lipinski definition) is 4. The molecule has 0 aliphatic heterocycles. The standard InChI is InChI=1S/C18H21N5O2S/c1-12-15(17(25)23(22(12)4)14-8-6-5-7-9-14)20-16(24)13(2)26-18-19-10-11-21(18)3/h5-11,13H,1-4H3,(H,20,24)/t13-/m0/s1. The van der Waals surface area contributed by atoms with Crippen LogP contribution in [-0.2, 0) is 18.9 Å². The number of carbonyl (C=O) groups is 1. The molecule has 0 spiro atoms. The molecule has 0 fully saturated rings. The number of nitrogens with one attached hydrogen (secondary N) is 1. The molecule has 0 bridgehead atoms. The normalized spacial score (nSPS) is 12.2. The Morgan fingerprint density at radius 1 is 1.23 bits per heavy atom. The minimum Gasteiger partial charge on any atom is -0.329 e. The molecule has 1 atom stereocenters. The maximum Gasteiger partial charge on any atom is 0.295 e. The average molecular weight is 371 g/mol. The zero-order valence-electron chi connectivity index (χ0n) is 15.1. The van der Waals surface area contributed by atoms with Gasteiger partial charge in [-0.05, 0) is 26.0 Å². The highest BCUT2D eigenvalue weighted by Crippen LogP contribution is 2.22. The molecule has 0 saturated carbocycles. The molecule has 7 nitrogen and oxygen atoms in total. The summed E-state index contributed by atoms with van der Waals surface area (Å²) in [5.74, 6) is -0.232. The van der Waals surface area contributed by atoms with E-state index in [9.17, 15) is 9.59 Å². The summed E-state index contributed by atoms with van der Waals surface area (Å²) in [4.78, 5) is 29.6. The lowest BCUT2D eigenvalue weighted by Crippen LogP contribution is -2.27. The van der Waals surface area contributed by atoms with Crippen molar-refractivity contribution in [3.8, 4) is 5.69 Å². The van der Waals surface area contributed by atoms with Crippen molar-refractivity contribution in [3.63, 3.8) is 0 Å². The smallest absolute Gasteiger partial charge is 0.295 e. The Morgan fingerprint density at radius 3 is 2.54 bits per heavy atom. The Hall–Kier alpha value is -2.74. The first-order valence-corrected chi connectivity index (χ1v) is 9.07. The van der Waals surface area contributed by atoms with Crippen molar-refractivity contribution in [1.82, 2.24) is 18.9 Å². The summed E-state index contributed by atoms with van der Waals surface area (Å²) in [5, 5.41) is 3.15. The quantitative estimate of drug-likeness (QED) is 0.699. The highest BCUT2D eigenvalue weighted by atomic mass is 32.2. The molecule has 26 heavy (non-hydrogen) atoms. The molecular weight excluding hydrogens is 350 g/mol. The number of rotatable bonds is 5. The van der Waals surface area contributed by atoms with E-state index in [4.69, 9.17) is 0 Å². The third-order valence-electron chi connectivity index (χ3n) is 4.23. The average Bonchev–Trinajstić information content (AvgIpc) is 3.12. The number of anilines is 1. The van der Waals surface area contributed by atoms with Crippen LogP contribution < -0.4 is 10.9 Å². The van der Waals surface area contributed by atoms with Gasteiger partial charge in [0.2, 0.25) is 5.91 Å². The molecule has 1 amide bonds. The van der Waals surface area contributed by atoms with E-state index in [-0.39, 0.29) is 16.7 Å². The molecule has 2 heterocycles. The molecule has 3 aromatic rings. The number of hydrogen-bond donors (Lipinski definition) is 1. The number of para-hydroxylation sites is 1. The van der Waals surface area contributed by atoms with Crippen LogP contribution in [0.3, 0.4) is 0 Å². The van der Waals surface area contributed by atoms with Crippen LogP contribution in [0, 0.1) is 6.92 Å². The van der Waals surface area contributed by atoms with Crippen LogP contribution in [0.15, 0.2) is 52.7 Å². The van der Waals surface area contributed by atoms with Gasteiger partial charge < -0.3 is 9.88 Å². The summed E-state index contributed by atoms with van der Waals surface area (Å²) in [7, 11) is 3.67. The first kappa shape index (κ1) is 18.1. The summed E-state index contributed by atoms with van der Waals surface area (Å²) < 4.78 is 5.13. The third kappa shape index (κ3) is 3.32. The first-order chi connectivity index (χ1) is 12.4. The van der Waals surface area contributed by atoms with E-state index >= 15 is 0 Å². The fraction of sp³-hybridized carbons (Fsp3) is 0.278. The van der Waals surface area contributed by atoms with Gasteiger partial charge in [-0.2, -0.15) is 0 Å². The van der Waals surface area contributed by atoms with Gasteiger partial charge in [-0.25, -0.2) is 9.67 Å². The van der Waals surface area contributed by atoms with Crippen LogP contribution in [-0.4, -0.2) is 30.1 Å². The Bertz CT molecular complexity index is 987. The molecular formula is C18H21N5O2S. The molecule has 3 rings (SSSR count). The van der Waals surface area contributed by atoms with Crippen LogP contribution in [0.1, 0.15) is 12.6 Å². The van der Waals surface area contributed by atoms with Crippen LogP contribution in [0.2, 0.25) is 0 Å². The highest BCUT2D eigenvalue weighted by molar-refractivity contribution is 8.00. The van der Waals surface area contributed by atoms with Gasteiger partial charge in [0, 0.05) is 26.5 Å². The van der Waals surface area contributed by atoms with Gasteiger partial charge in [-0.3, -0.25) is 14.3 Å². The summed E-state index contributed by atoms with van der Waals surface area (Å²) in [6.07, 6.45) is 3.51. The number of aromatic nitrogens is 4. The fourth-order valence-corrected chi connectivity index (χ4v) is 3.45. The molecule has 0 aliphatic carbocycles. The molecule has 1 N–H and O–H groups in total. The fourth-order valence-electron chi connectivity index (χ4n) is 2.61. The number of aryl methyl sites for hydroxylation is 1. The molecule has 136 valence electrons. The van der Waals surface area contributed by atoms with E-state index in [1.165, 1.54) is 11.8 Å². The maximum atomic E-state index is 12.8. The van der Waals surface area contributed by atoms with Crippen molar-refractivity contribution in [2.75, 3.05) is 5.32 Å². The van der Waals surface area contributed by atoms with Crippen molar-refractivity contribution in [1.29, 1.82) is 0 Å². The predicted octanol–water partition coefficient (Wildman–Crippen LogP) is 2.34. The van der Waals surface area contributed by atoms with Crippen molar-refractivity contribution >= 4 is 23.4 Å². The van der Waals surface area contributed by atoms with Gasteiger partial charge in [0.15, 0.2) is 5.16 Å². The van der Waals surface area contributed by atoms with E-state index in [0.717, 1.165) is 10.8 Å². The largest absolute Gasteiger partial charge is 0.329 e. The van der Waals surface area contributed by atoms with Crippen molar-refractivity contribution in [2.24, 2.45) is 14.1 Å². The lowest BCUT2D eigenvalue weighted by molar-refractivity contribution is -0.115. The van der Waals surface area contributed by atoms with Gasteiger partial charge in [0.25, 0.3) is 5.56 Å². The lowest BCUT2D eigenvalue weighted by atomic mass is 10.3. The first-order valence-electron chi connectivity index (χ1n) is 8.19. The minimum absolute atomic E-state index is 0.232. The zero-order chi connectivity index (χ0) is 18.8. The van der Waals surface area contributed by atoms with Crippen LogP contribution in [0.25, 0.3) is 5.69 Å². The van der Waals surface area contributed by atoms with Gasteiger partial charge in [0.05, 0.1) is 16.6 Å².